The van der Waals surface area contributed by atoms with Crippen LogP contribution in [-0.4, -0.2) is 27.2 Å². The van der Waals surface area contributed by atoms with Crippen molar-refractivity contribution in [1.29, 1.82) is 0 Å². The van der Waals surface area contributed by atoms with E-state index in [1.165, 1.54) is 19.3 Å². The molecule has 0 aromatic carbocycles. The van der Waals surface area contributed by atoms with Crippen molar-refractivity contribution in [2.24, 2.45) is 0 Å². The Kier molecular flexibility index (Phi) is 4.18. The lowest BCUT2D eigenvalue weighted by Gasteiger charge is -2.24. The lowest BCUT2D eigenvalue weighted by molar-refractivity contribution is 0.117. The van der Waals surface area contributed by atoms with Crippen LogP contribution in [0, 0.1) is 0 Å². The summed E-state index contributed by atoms with van der Waals surface area (Å²) < 4.78 is 2.05. The van der Waals surface area contributed by atoms with Gasteiger partial charge in [-0.05, 0) is 33.2 Å². The number of rotatable bonds is 3. The van der Waals surface area contributed by atoms with Crippen LogP contribution in [0.3, 0.4) is 0 Å². The Morgan fingerprint density at radius 2 is 2.24 bits per heavy atom. The second-order valence-corrected chi connectivity index (χ2v) is 5.17. The van der Waals surface area contributed by atoms with Crippen molar-refractivity contribution in [3.8, 4) is 0 Å². The Balaban J connectivity index is 2.11. The molecule has 2 rings (SSSR count). The van der Waals surface area contributed by atoms with Crippen LogP contribution in [0.5, 0.6) is 0 Å². The van der Waals surface area contributed by atoms with E-state index in [2.05, 4.69) is 28.7 Å². The van der Waals surface area contributed by atoms with Crippen molar-refractivity contribution in [3.05, 3.63) is 18.2 Å². The Bertz CT molecular complexity index is 340. The highest BCUT2D eigenvalue weighted by molar-refractivity contribution is 5.07. The first-order chi connectivity index (χ1) is 8.20. The van der Waals surface area contributed by atoms with E-state index in [4.69, 9.17) is 0 Å². The average Bonchev–Trinajstić information content (AvgIpc) is 2.64. The summed E-state index contributed by atoms with van der Waals surface area (Å²) in [4.78, 5) is 4.16. The molecule has 2 N–H and O–H groups in total. The number of nitrogens with zero attached hydrogens (tertiary/aromatic N) is 2. The highest BCUT2D eigenvalue weighted by Crippen LogP contribution is 2.24. The van der Waals surface area contributed by atoms with Gasteiger partial charge in [-0.1, -0.05) is 12.8 Å². The molecule has 1 aliphatic rings. The number of imidazole rings is 1. The molecular weight excluding hydrogens is 214 g/mol. The first-order valence-electron chi connectivity index (χ1n) is 6.63. The minimum atomic E-state index is -0.446. The van der Waals surface area contributed by atoms with Crippen molar-refractivity contribution in [2.45, 2.75) is 57.7 Å². The largest absolute Gasteiger partial charge is 0.385 e. The van der Waals surface area contributed by atoms with Gasteiger partial charge in [0.15, 0.2) is 0 Å². The molecule has 4 nitrogen and oxygen atoms in total. The van der Waals surface area contributed by atoms with E-state index >= 15 is 0 Å². The molecule has 0 aliphatic carbocycles. The van der Waals surface area contributed by atoms with Gasteiger partial charge in [-0.15, -0.1) is 0 Å². The first kappa shape index (κ1) is 12.6. The van der Waals surface area contributed by atoms with E-state index in [0.717, 1.165) is 18.7 Å². The van der Waals surface area contributed by atoms with Gasteiger partial charge in [-0.2, -0.15) is 0 Å². The van der Waals surface area contributed by atoms with Gasteiger partial charge in [0.1, 0.15) is 6.10 Å². The molecule has 1 saturated heterocycles. The number of aliphatic hydroxyl groups is 1. The van der Waals surface area contributed by atoms with E-state index in [1.807, 2.05) is 0 Å². The molecule has 0 radical (unpaired) electrons. The van der Waals surface area contributed by atoms with E-state index in [1.54, 1.807) is 12.5 Å². The van der Waals surface area contributed by atoms with Crippen LogP contribution >= 0.6 is 0 Å². The van der Waals surface area contributed by atoms with E-state index in [-0.39, 0.29) is 6.04 Å². The predicted octanol–water partition coefficient (Wildman–Crippen LogP) is 2.03. The Morgan fingerprint density at radius 1 is 1.41 bits per heavy atom. The molecule has 1 aliphatic heterocycles. The van der Waals surface area contributed by atoms with Crippen molar-refractivity contribution in [3.63, 3.8) is 0 Å². The van der Waals surface area contributed by atoms with Crippen LogP contribution in [0.15, 0.2) is 12.5 Å². The summed E-state index contributed by atoms with van der Waals surface area (Å²) in [6, 6.07) is 0.514. The molecule has 0 amide bonds. The van der Waals surface area contributed by atoms with Crippen molar-refractivity contribution in [1.82, 2.24) is 14.9 Å². The smallest absolute Gasteiger partial charge is 0.111 e. The molecular formula is C13H23N3O. The molecule has 17 heavy (non-hydrogen) atoms. The molecule has 4 heteroatoms. The quantitative estimate of drug-likeness (QED) is 0.845. The summed E-state index contributed by atoms with van der Waals surface area (Å²) in [5.41, 5.74) is 0.930. The Hall–Kier alpha value is -0.870. The maximum Gasteiger partial charge on any atom is 0.111 e. The first-order valence-corrected chi connectivity index (χ1v) is 6.63. The molecule has 0 spiro atoms. The number of aromatic nitrogens is 2. The van der Waals surface area contributed by atoms with E-state index in [0.29, 0.717) is 6.04 Å². The minimum Gasteiger partial charge on any atom is -0.385 e. The van der Waals surface area contributed by atoms with Gasteiger partial charge in [-0.25, -0.2) is 4.98 Å². The van der Waals surface area contributed by atoms with Gasteiger partial charge in [0.25, 0.3) is 0 Å². The van der Waals surface area contributed by atoms with Gasteiger partial charge in [0, 0.05) is 12.1 Å². The predicted molar refractivity (Wildman–Crippen MR) is 67.8 cm³/mol. The number of nitrogens with one attached hydrogen (secondary N) is 1. The van der Waals surface area contributed by atoms with Crippen molar-refractivity contribution in [2.75, 3.05) is 6.54 Å². The van der Waals surface area contributed by atoms with Gasteiger partial charge < -0.3 is 15.0 Å². The monoisotopic (exact) mass is 237 g/mol. The van der Waals surface area contributed by atoms with E-state index < -0.39 is 6.10 Å². The van der Waals surface area contributed by atoms with Crippen LogP contribution in [-0.2, 0) is 0 Å². The Labute approximate surface area is 103 Å². The zero-order valence-electron chi connectivity index (χ0n) is 10.8. The van der Waals surface area contributed by atoms with Crippen molar-refractivity contribution >= 4 is 0 Å². The fourth-order valence-electron chi connectivity index (χ4n) is 2.51. The second-order valence-electron chi connectivity index (χ2n) is 5.17. The van der Waals surface area contributed by atoms with Gasteiger partial charge in [0.2, 0.25) is 0 Å². The van der Waals surface area contributed by atoms with Crippen LogP contribution < -0.4 is 5.32 Å². The van der Waals surface area contributed by atoms with Gasteiger partial charge in [-0.3, -0.25) is 0 Å². The molecule has 0 bridgehead atoms. The molecule has 0 saturated carbocycles. The molecule has 1 aromatic heterocycles. The fourth-order valence-corrected chi connectivity index (χ4v) is 2.51. The maximum atomic E-state index is 10.5. The van der Waals surface area contributed by atoms with E-state index in [9.17, 15) is 5.11 Å². The normalized spacial score (nSPS) is 23.6. The summed E-state index contributed by atoms with van der Waals surface area (Å²) in [7, 11) is 0. The lowest BCUT2D eigenvalue weighted by atomic mass is 10.0. The summed E-state index contributed by atoms with van der Waals surface area (Å²) in [6.07, 6.45) is 7.87. The molecule has 2 unspecified atom stereocenters. The molecule has 2 atom stereocenters. The van der Waals surface area contributed by atoms with Crippen LogP contribution in [0.25, 0.3) is 0 Å². The standard InChI is InChI=1S/C13H23N3O/c1-10(2)16-9-14-8-12(16)13(17)11-6-4-3-5-7-15-11/h8-11,13,15,17H,3-7H2,1-2H3. The fraction of sp³-hybridized carbons (Fsp3) is 0.769. The van der Waals surface area contributed by atoms with Crippen LogP contribution in [0.4, 0.5) is 0 Å². The van der Waals surface area contributed by atoms with Crippen molar-refractivity contribution < 1.29 is 5.11 Å². The summed E-state index contributed by atoms with van der Waals surface area (Å²) in [5, 5.41) is 13.9. The summed E-state index contributed by atoms with van der Waals surface area (Å²) in [6.45, 7) is 5.23. The maximum absolute atomic E-state index is 10.5. The third-order valence-corrected chi connectivity index (χ3v) is 3.53. The molecule has 1 aromatic rings. The van der Waals surface area contributed by atoms with Crippen LogP contribution in [0.1, 0.15) is 57.4 Å². The highest BCUT2D eigenvalue weighted by atomic mass is 16.3. The molecule has 96 valence electrons. The van der Waals surface area contributed by atoms with Crippen LogP contribution in [0.2, 0.25) is 0 Å². The minimum absolute atomic E-state index is 0.173. The zero-order chi connectivity index (χ0) is 12.3. The third-order valence-electron chi connectivity index (χ3n) is 3.53. The van der Waals surface area contributed by atoms with Gasteiger partial charge in [0.05, 0.1) is 18.2 Å². The summed E-state index contributed by atoms with van der Waals surface area (Å²) in [5.74, 6) is 0. The molecule has 2 heterocycles. The zero-order valence-corrected chi connectivity index (χ0v) is 10.8. The highest BCUT2D eigenvalue weighted by Gasteiger charge is 2.24. The third kappa shape index (κ3) is 2.87. The SMILES string of the molecule is CC(C)n1cncc1C(O)C1CCCCCN1. The lowest BCUT2D eigenvalue weighted by Crippen LogP contribution is -2.35. The van der Waals surface area contributed by atoms with Gasteiger partial charge >= 0.3 is 0 Å². The number of hydrogen-bond donors (Lipinski definition) is 2. The number of aliphatic hydroxyl groups excluding tert-OH is 1. The topological polar surface area (TPSA) is 50.1 Å². The average molecular weight is 237 g/mol. The molecule has 1 fully saturated rings. The second kappa shape index (κ2) is 5.65. The Morgan fingerprint density at radius 3 is 3.00 bits per heavy atom. The number of hydrogen-bond acceptors (Lipinski definition) is 3. The summed E-state index contributed by atoms with van der Waals surface area (Å²) >= 11 is 0.